The minimum absolute atomic E-state index is 0.461. The van der Waals surface area contributed by atoms with Gasteiger partial charge >= 0.3 is 11.9 Å². The summed E-state index contributed by atoms with van der Waals surface area (Å²) in [5.41, 5.74) is 1.41. The number of ether oxygens (including phenoxy) is 2. The molecule has 4 heteroatoms. The van der Waals surface area contributed by atoms with Crippen molar-refractivity contribution in [2.75, 3.05) is 14.2 Å². The van der Waals surface area contributed by atoms with Crippen LogP contribution in [0.5, 0.6) is 0 Å². The Morgan fingerprint density at radius 1 is 1.27 bits per heavy atom. The maximum atomic E-state index is 11.3. The summed E-state index contributed by atoms with van der Waals surface area (Å²) in [6, 6.07) is 0. The number of hydrogen-bond donors (Lipinski definition) is 0. The van der Waals surface area contributed by atoms with E-state index in [-0.39, 0.29) is 0 Å². The summed E-state index contributed by atoms with van der Waals surface area (Å²) in [6.45, 7) is 0. The summed E-state index contributed by atoms with van der Waals surface area (Å²) in [5.74, 6) is -1.82. The average molecular weight is 212 g/mol. The van der Waals surface area contributed by atoms with E-state index in [9.17, 15) is 9.59 Å². The lowest BCUT2D eigenvalue weighted by Crippen LogP contribution is -2.26. The third kappa shape index (κ3) is 3.73. The third-order valence-corrected chi connectivity index (χ3v) is 2.40. The summed E-state index contributed by atoms with van der Waals surface area (Å²) in [6.07, 6.45) is 5.58. The lowest BCUT2D eigenvalue weighted by Gasteiger charge is -2.10. The lowest BCUT2D eigenvalue weighted by atomic mass is 10.0. The van der Waals surface area contributed by atoms with Gasteiger partial charge in [-0.05, 0) is 25.7 Å². The molecule has 1 fully saturated rings. The zero-order valence-electron chi connectivity index (χ0n) is 9.12. The first-order chi connectivity index (χ1) is 7.19. The zero-order valence-corrected chi connectivity index (χ0v) is 9.12. The first-order valence-corrected chi connectivity index (χ1v) is 5.02. The minimum atomic E-state index is -0.782. The SMILES string of the molecule is COC(=O)C(CCC=C1CC1)C(=O)OC. The molecule has 15 heavy (non-hydrogen) atoms. The van der Waals surface area contributed by atoms with E-state index in [1.807, 2.05) is 0 Å². The Kier molecular flexibility index (Phi) is 4.34. The molecule has 84 valence electrons. The van der Waals surface area contributed by atoms with E-state index < -0.39 is 17.9 Å². The molecule has 1 aliphatic carbocycles. The Morgan fingerprint density at radius 2 is 1.80 bits per heavy atom. The summed E-state index contributed by atoms with van der Waals surface area (Å²) in [7, 11) is 2.55. The molecule has 0 aromatic rings. The van der Waals surface area contributed by atoms with Crippen LogP contribution in [0.3, 0.4) is 0 Å². The highest BCUT2D eigenvalue weighted by atomic mass is 16.5. The molecular formula is C11H16O4. The molecule has 0 saturated heterocycles. The summed E-state index contributed by atoms with van der Waals surface area (Å²) in [4.78, 5) is 22.5. The van der Waals surface area contributed by atoms with Crippen molar-refractivity contribution in [3.8, 4) is 0 Å². The van der Waals surface area contributed by atoms with Crippen LogP contribution in [0.25, 0.3) is 0 Å². The Bertz CT molecular complexity index is 258. The van der Waals surface area contributed by atoms with E-state index in [0.29, 0.717) is 6.42 Å². The van der Waals surface area contributed by atoms with Gasteiger partial charge < -0.3 is 9.47 Å². The summed E-state index contributed by atoms with van der Waals surface area (Å²) >= 11 is 0. The van der Waals surface area contributed by atoms with Gasteiger partial charge in [-0.1, -0.05) is 11.6 Å². The van der Waals surface area contributed by atoms with Gasteiger partial charge in [0.15, 0.2) is 5.92 Å². The molecule has 0 bridgehead atoms. The molecule has 4 nitrogen and oxygen atoms in total. The van der Waals surface area contributed by atoms with Crippen LogP contribution in [-0.2, 0) is 19.1 Å². The van der Waals surface area contributed by atoms with Gasteiger partial charge in [-0.3, -0.25) is 9.59 Å². The zero-order chi connectivity index (χ0) is 11.3. The molecule has 0 radical (unpaired) electrons. The first kappa shape index (κ1) is 11.8. The van der Waals surface area contributed by atoms with Crippen molar-refractivity contribution in [1.29, 1.82) is 0 Å². The van der Waals surface area contributed by atoms with Crippen LogP contribution >= 0.6 is 0 Å². The molecule has 0 N–H and O–H groups in total. The molecule has 0 aliphatic heterocycles. The summed E-state index contributed by atoms with van der Waals surface area (Å²) < 4.78 is 9.10. The van der Waals surface area contributed by atoms with Gasteiger partial charge in [0.25, 0.3) is 0 Å². The highest BCUT2D eigenvalue weighted by molar-refractivity contribution is 5.94. The van der Waals surface area contributed by atoms with Crippen molar-refractivity contribution in [2.45, 2.75) is 25.7 Å². The van der Waals surface area contributed by atoms with Crippen molar-refractivity contribution in [2.24, 2.45) is 5.92 Å². The second-order valence-corrected chi connectivity index (χ2v) is 3.54. The van der Waals surface area contributed by atoms with Gasteiger partial charge in [-0.15, -0.1) is 0 Å². The molecule has 1 saturated carbocycles. The Morgan fingerprint density at radius 3 is 2.20 bits per heavy atom. The smallest absolute Gasteiger partial charge is 0.320 e. The number of esters is 2. The predicted molar refractivity (Wildman–Crippen MR) is 54.1 cm³/mol. The Labute approximate surface area is 89.2 Å². The van der Waals surface area contributed by atoms with Crippen molar-refractivity contribution < 1.29 is 19.1 Å². The van der Waals surface area contributed by atoms with E-state index in [0.717, 1.165) is 19.3 Å². The van der Waals surface area contributed by atoms with Crippen LogP contribution in [-0.4, -0.2) is 26.2 Å². The standard InChI is InChI=1S/C11H16O4/c1-14-10(12)9(11(13)15-2)5-3-4-8-6-7-8/h4,9H,3,5-7H2,1-2H3. The Hall–Kier alpha value is -1.32. The molecule has 1 rings (SSSR count). The third-order valence-electron chi connectivity index (χ3n) is 2.40. The molecule has 0 aromatic carbocycles. The fourth-order valence-corrected chi connectivity index (χ4v) is 1.35. The largest absolute Gasteiger partial charge is 0.468 e. The molecule has 0 atom stereocenters. The highest BCUT2D eigenvalue weighted by Gasteiger charge is 2.27. The van der Waals surface area contributed by atoms with Crippen LogP contribution in [0.4, 0.5) is 0 Å². The van der Waals surface area contributed by atoms with Crippen molar-refractivity contribution in [1.82, 2.24) is 0 Å². The van der Waals surface area contributed by atoms with Crippen molar-refractivity contribution >= 4 is 11.9 Å². The van der Waals surface area contributed by atoms with Gasteiger partial charge in [0.05, 0.1) is 14.2 Å². The number of rotatable bonds is 5. The normalized spacial score (nSPS) is 13.7. The van der Waals surface area contributed by atoms with Crippen LogP contribution in [0.2, 0.25) is 0 Å². The molecule has 0 unspecified atom stereocenters. The number of hydrogen-bond acceptors (Lipinski definition) is 4. The first-order valence-electron chi connectivity index (χ1n) is 5.02. The van der Waals surface area contributed by atoms with Gasteiger partial charge in [0, 0.05) is 0 Å². The van der Waals surface area contributed by atoms with E-state index in [1.54, 1.807) is 0 Å². The van der Waals surface area contributed by atoms with Gasteiger partial charge in [0.2, 0.25) is 0 Å². The molecule has 0 spiro atoms. The van der Waals surface area contributed by atoms with E-state index >= 15 is 0 Å². The van der Waals surface area contributed by atoms with Crippen LogP contribution in [0.15, 0.2) is 11.6 Å². The minimum Gasteiger partial charge on any atom is -0.468 e. The highest BCUT2D eigenvalue weighted by Crippen LogP contribution is 2.28. The number of carbonyl (C=O) groups excluding carboxylic acids is 2. The average Bonchev–Trinajstić information content (AvgIpc) is 3.06. The second-order valence-electron chi connectivity index (χ2n) is 3.54. The van der Waals surface area contributed by atoms with Crippen molar-refractivity contribution in [3.63, 3.8) is 0 Å². The Balaban J connectivity index is 2.43. The second kappa shape index (κ2) is 5.53. The number of methoxy groups -OCH3 is 2. The lowest BCUT2D eigenvalue weighted by molar-refractivity contribution is -0.159. The topological polar surface area (TPSA) is 52.6 Å². The van der Waals surface area contributed by atoms with E-state index in [4.69, 9.17) is 0 Å². The number of allylic oxidation sites excluding steroid dienone is 2. The quantitative estimate of drug-likeness (QED) is 0.393. The van der Waals surface area contributed by atoms with E-state index in [2.05, 4.69) is 15.5 Å². The van der Waals surface area contributed by atoms with Gasteiger partial charge in [-0.2, -0.15) is 0 Å². The fraction of sp³-hybridized carbons (Fsp3) is 0.636. The van der Waals surface area contributed by atoms with E-state index in [1.165, 1.54) is 19.8 Å². The summed E-state index contributed by atoms with van der Waals surface area (Å²) in [5, 5.41) is 0. The maximum absolute atomic E-state index is 11.3. The van der Waals surface area contributed by atoms with Crippen molar-refractivity contribution in [3.05, 3.63) is 11.6 Å². The predicted octanol–water partition coefficient (Wildman–Crippen LogP) is 1.45. The molecule has 1 aliphatic rings. The van der Waals surface area contributed by atoms with Gasteiger partial charge in [0.1, 0.15) is 0 Å². The van der Waals surface area contributed by atoms with Crippen LogP contribution < -0.4 is 0 Å². The number of carbonyl (C=O) groups is 2. The molecular weight excluding hydrogens is 196 g/mol. The van der Waals surface area contributed by atoms with Crippen LogP contribution in [0, 0.1) is 5.92 Å². The molecule has 0 amide bonds. The van der Waals surface area contributed by atoms with Gasteiger partial charge in [-0.25, -0.2) is 0 Å². The monoisotopic (exact) mass is 212 g/mol. The molecule has 0 heterocycles. The fourth-order valence-electron chi connectivity index (χ4n) is 1.35. The molecule has 0 aromatic heterocycles. The van der Waals surface area contributed by atoms with Crippen LogP contribution in [0.1, 0.15) is 25.7 Å². The maximum Gasteiger partial charge on any atom is 0.320 e.